The molecule has 23 heavy (non-hydrogen) atoms. The number of hydrogen-bond donors (Lipinski definition) is 1. The second-order valence-electron chi connectivity index (χ2n) is 7.85. The maximum atomic E-state index is 13.5. The van der Waals surface area contributed by atoms with Crippen molar-refractivity contribution < 1.29 is 4.39 Å². The summed E-state index contributed by atoms with van der Waals surface area (Å²) in [6.45, 7) is 0. The van der Waals surface area contributed by atoms with E-state index >= 15 is 0 Å². The third-order valence-corrected chi connectivity index (χ3v) is 6.49. The van der Waals surface area contributed by atoms with Crippen molar-refractivity contribution in [1.82, 2.24) is 0 Å². The quantitative estimate of drug-likeness (QED) is 0.696. The van der Waals surface area contributed by atoms with E-state index in [4.69, 9.17) is 17.3 Å². The normalized spacial score (nSPS) is 27.8. The molecule has 2 N–H and O–H groups in total. The summed E-state index contributed by atoms with van der Waals surface area (Å²) in [5, 5.41) is 0.720. The van der Waals surface area contributed by atoms with Gasteiger partial charge in [-0.3, -0.25) is 0 Å². The number of benzene rings is 1. The van der Waals surface area contributed by atoms with Gasteiger partial charge in [-0.15, -0.1) is 0 Å². The van der Waals surface area contributed by atoms with Gasteiger partial charge in [-0.1, -0.05) is 30.9 Å². The maximum absolute atomic E-state index is 13.5. The lowest BCUT2D eigenvalue weighted by Gasteiger charge is -2.36. The van der Waals surface area contributed by atoms with Gasteiger partial charge in [0.1, 0.15) is 5.82 Å². The molecule has 0 spiro atoms. The Balaban J connectivity index is 1.49. The van der Waals surface area contributed by atoms with Gasteiger partial charge in [0.25, 0.3) is 0 Å². The van der Waals surface area contributed by atoms with E-state index in [2.05, 4.69) is 0 Å². The minimum absolute atomic E-state index is 0.112. The SMILES string of the molecule is NC1(CCC2CCC(c3cc(F)ccc3Cl)CC2)CCCCC1. The van der Waals surface area contributed by atoms with E-state index in [0.29, 0.717) is 5.92 Å². The van der Waals surface area contributed by atoms with Crippen LogP contribution in [0.2, 0.25) is 5.02 Å². The smallest absolute Gasteiger partial charge is 0.123 e. The third-order valence-electron chi connectivity index (χ3n) is 6.14. The lowest BCUT2D eigenvalue weighted by atomic mass is 9.73. The molecule has 2 fully saturated rings. The molecule has 2 aliphatic rings. The number of nitrogens with two attached hydrogens (primary N) is 1. The summed E-state index contributed by atoms with van der Waals surface area (Å²) in [5.74, 6) is 1.05. The fourth-order valence-corrected chi connectivity index (χ4v) is 4.86. The second kappa shape index (κ2) is 7.53. The highest BCUT2D eigenvalue weighted by molar-refractivity contribution is 6.31. The summed E-state index contributed by atoms with van der Waals surface area (Å²) in [5.41, 5.74) is 7.69. The molecule has 0 aliphatic heterocycles. The molecule has 2 aliphatic carbocycles. The molecule has 0 unspecified atom stereocenters. The monoisotopic (exact) mass is 337 g/mol. The lowest BCUT2D eigenvalue weighted by molar-refractivity contribution is 0.230. The summed E-state index contributed by atoms with van der Waals surface area (Å²) in [6, 6.07) is 4.77. The van der Waals surface area contributed by atoms with Gasteiger partial charge in [-0.25, -0.2) is 4.39 Å². The Morgan fingerprint density at radius 3 is 2.48 bits per heavy atom. The van der Waals surface area contributed by atoms with Gasteiger partial charge in [-0.2, -0.15) is 0 Å². The van der Waals surface area contributed by atoms with Crippen molar-refractivity contribution in [3.05, 3.63) is 34.6 Å². The standard InChI is InChI=1S/C20H29ClFN/c21-19-9-8-17(22)14-18(19)16-6-4-15(5-7-16)10-13-20(23)11-2-1-3-12-20/h8-9,14-16H,1-7,10-13,23H2. The van der Waals surface area contributed by atoms with Crippen molar-refractivity contribution in [2.75, 3.05) is 0 Å². The summed E-state index contributed by atoms with van der Waals surface area (Å²) in [7, 11) is 0. The highest BCUT2D eigenvalue weighted by atomic mass is 35.5. The first-order valence-electron chi connectivity index (χ1n) is 9.30. The van der Waals surface area contributed by atoms with Crippen LogP contribution in [0, 0.1) is 11.7 Å². The van der Waals surface area contributed by atoms with Crippen LogP contribution < -0.4 is 5.73 Å². The van der Waals surface area contributed by atoms with Crippen LogP contribution in [-0.4, -0.2) is 5.54 Å². The van der Waals surface area contributed by atoms with Crippen molar-refractivity contribution >= 4 is 11.6 Å². The zero-order valence-electron chi connectivity index (χ0n) is 14.0. The fraction of sp³-hybridized carbons (Fsp3) is 0.700. The van der Waals surface area contributed by atoms with Crippen LogP contribution in [0.15, 0.2) is 18.2 Å². The summed E-state index contributed by atoms with van der Waals surface area (Å²) >= 11 is 6.26. The van der Waals surface area contributed by atoms with Crippen molar-refractivity contribution in [2.45, 2.75) is 82.1 Å². The van der Waals surface area contributed by atoms with E-state index in [0.717, 1.165) is 29.3 Å². The molecule has 2 saturated carbocycles. The van der Waals surface area contributed by atoms with E-state index in [-0.39, 0.29) is 11.4 Å². The van der Waals surface area contributed by atoms with Crippen LogP contribution in [0.4, 0.5) is 4.39 Å². The average molecular weight is 338 g/mol. The van der Waals surface area contributed by atoms with Gasteiger partial charge < -0.3 is 5.73 Å². The van der Waals surface area contributed by atoms with E-state index in [9.17, 15) is 4.39 Å². The summed E-state index contributed by atoms with van der Waals surface area (Å²) < 4.78 is 13.5. The molecule has 0 heterocycles. The second-order valence-corrected chi connectivity index (χ2v) is 8.25. The average Bonchev–Trinajstić information content (AvgIpc) is 2.57. The van der Waals surface area contributed by atoms with E-state index < -0.39 is 0 Å². The van der Waals surface area contributed by atoms with Crippen molar-refractivity contribution in [3.63, 3.8) is 0 Å². The Morgan fingerprint density at radius 1 is 1.09 bits per heavy atom. The molecule has 0 amide bonds. The summed E-state index contributed by atoms with van der Waals surface area (Å²) in [4.78, 5) is 0. The van der Waals surface area contributed by atoms with Gasteiger partial charge in [0.05, 0.1) is 0 Å². The van der Waals surface area contributed by atoms with Crippen LogP contribution >= 0.6 is 11.6 Å². The van der Waals surface area contributed by atoms with Gasteiger partial charge in [0.2, 0.25) is 0 Å². The first kappa shape index (κ1) is 17.2. The molecule has 1 aromatic carbocycles. The van der Waals surface area contributed by atoms with Crippen LogP contribution in [0.1, 0.15) is 82.1 Å². The summed E-state index contributed by atoms with van der Waals surface area (Å²) in [6.07, 6.45) is 13.6. The third kappa shape index (κ3) is 4.48. The minimum atomic E-state index is -0.172. The van der Waals surface area contributed by atoms with Crippen LogP contribution in [0.5, 0.6) is 0 Å². The molecule has 128 valence electrons. The predicted molar refractivity (Wildman–Crippen MR) is 95.3 cm³/mol. The molecule has 1 nitrogen and oxygen atoms in total. The zero-order chi connectivity index (χ0) is 16.3. The molecule has 3 rings (SSSR count). The predicted octanol–water partition coefficient (Wildman–Crippen LogP) is 6.19. The molecule has 1 aromatic rings. The van der Waals surface area contributed by atoms with Crippen molar-refractivity contribution in [2.24, 2.45) is 11.7 Å². The first-order valence-corrected chi connectivity index (χ1v) is 9.67. The molecular formula is C20H29ClFN. The largest absolute Gasteiger partial charge is 0.325 e. The van der Waals surface area contributed by atoms with E-state index in [1.165, 1.54) is 63.9 Å². The fourth-order valence-electron chi connectivity index (χ4n) is 4.59. The highest BCUT2D eigenvalue weighted by Crippen LogP contribution is 2.41. The van der Waals surface area contributed by atoms with Crippen molar-refractivity contribution in [1.29, 1.82) is 0 Å². The molecule has 0 atom stereocenters. The first-order chi connectivity index (χ1) is 11.1. The number of hydrogen-bond acceptors (Lipinski definition) is 1. The van der Waals surface area contributed by atoms with Gasteiger partial charge >= 0.3 is 0 Å². The molecular weight excluding hydrogens is 309 g/mol. The van der Waals surface area contributed by atoms with Gasteiger partial charge in [-0.05, 0) is 87.0 Å². The van der Waals surface area contributed by atoms with Crippen LogP contribution in [0.3, 0.4) is 0 Å². The molecule has 0 aromatic heterocycles. The maximum Gasteiger partial charge on any atom is 0.123 e. The van der Waals surface area contributed by atoms with Crippen LogP contribution in [0.25, 0.3) is 0 Å². The number of rotatable bonds is 4. The Hall–Kier alpha value is -0.600. The lowest BCUT2D eigenvalue weighted by Crippen LogP contribution is -2.42. The Labute approximate surface area is 144 Å². The van der Waals surface area contributed by atoms with Gasteiger partial charge in [0.15, 0.2) is 0 Å². The topological polar surface area (TPSA) is 26.0 Å². The Kier molecular flexibility index (Phi) is 5.64. The van der Waals surface area contributed by atoms with Crippen molar-refractivity contribution in [3.8, 4) is 0 Å². The Morgan fingerprint density at radius 2 is 1.78 bits per heavy atom. The molecule has 0 saturated heterocycles. The van der Waals surface area contributed by atoms with Crippen LogP contribution in [-0.2, 0) is 0 Å². The molecule has 0 radical (unpaired) electrons. The van der Waals surface area contributed by atoms with E-state index in [1.807, 2.05) is 0 Å². The number of halogens is 2. The minimum Gasteiger partial charge on any atom is -0.325 e. The molecule has 3 heteroatoms. The van der Waals surface area contributed by atoms with Gasteiger partial charge in [0, 0.05) is 10.6 Å². The molecule has 0 bridgehead atoms. The zero-order valence-corrected chi connectivity index (χ0v) is 14.8. The Bertz CT molecular complexity index is 516. The highest BCUT2D eigenvalue weighted by Gasteiger charge is 2.30. The van der Waals surface area contributed by atoms with E-state index in [1.54, 1.807) is 12.1 Å².